The number of benzene rings is 1. The monoisotopic (exact) mass is 410 g/mol. The molecule has 0 saturated heterocycles. The topological polar surface area (TPSA) is 83.6 Å². The van der Waals surface area contributed by atoms with Gasteiger partial charge in [0, 0.05) is 29.6 Å². The fourth-order valence-electron chi connectivity index (χ4n) is 3.74. The Balaban J connectivity index is 1.76. The zero-order chi connectivity index (χ0) is 21.8. The molecular formula is C23H26N2O5. The van der Waals surface area contributed by atoms with Gasteiger partial charge in [0.1, 0.15) is 17.0 Å². The van der Waals surface area contributed by atoms with E-state index in [-0.39, 0.29) is 24.0 Å². The van der Waals surface area contributed by atoms with E-state index in [0.29, 0.717) is 23.6 Å². The average molecular weight is 410 g/mol. The molecule has 30 heavy (non-hydrogen) atoms. The summed E-state index contributed by atoms with van der Waals surface area (Å²) >= 11 is 0. The van der Waals surface area contributed by atoms with Crippen LogP contribution in [0.25, 0.3) is 11.3 Å². The van der Waals surface area contributed by atoms with Gasteiger partial charge < -0.3 is 18.6 Å². The Labute approximate surface area is 175 Å². The lowest BCUT2D eigenvalue weighted by Gasteiger charge is -2.17. The van der Waals surface area contributed by atoms with Crippen LogP contribution in [0.1, 0.15) is 50.8 Å². The first kappa shape index (κ1) is 21.5. The zero-order valence-electron chi connectivity index (χ0n) is 17.9. The number of nitrogens with zero attached hydrogens (tertiary/aromatic N) is 2. The summed E-state index contributed by atoms with van der Waals surface area (Å²) in [5, 5.41) is 3.98. The molecule has 0 N–H and O–H groups in total. The van der Waals surface area contributed by atoms with Crippen LogP contribution in [0.2, 0.25) is 0 Å². The predicted octanol–water partition coefficient (Wildman–Crippen LogP) is 4.32. The second-order valence-corrected chi connectivity index (χ2v) is 7.29. The van der Waals surface area contributed by atoms with Crippen LogP contribution < -0.4 is 0 Å². The minimum Gasteiger partial charge on any atom is -0.454 e. The number of ether oxygens (including phenoxy) is 2. The molecule has 0 radical (unpaired) electrons. The number of esters is 1. The predicted molar refractivity (Wildman–Crippen MR) is 112 cm³/mol. The number of hydrogen-bond donors (Lipinski definition) is 0. The molecule has 3 rings (SSSR count). The Morgan fingerprint density at radius 2 is 1.87 bits per heavy atom. The first-order chi connectivity index (χ1) is 14.3. The van der Waals surface area contributed by atoms with Crippen molar-refractivity contribution in [1.82, 2.24) is 9.72 Å². The molecule has 2 aromatic heterocycles. The van der Waals surface area contributed by atoms with Crippen molar-refractivity contribution >= 4 is 11.8 Å². The molecule has 0 saturated carbocycles. The van der Waals surface area contributed by atoms with E-state index in [2.05, 4.69) is 9.72 Å². The van der Waals surface area contributed by atoms with E-state index < -0.39 is 5.97 Å². The van der Waals surface area contributed by atoms with Crippen LogP contribution in [0.15, 0.2) is 40.9 Å². The number of hydrogen-bond acceptors (Lipinski definition) is 6. The van der Waals surface area contributed by atoms with E-state index in [4.69, 9.17) is 14.0 Å². The number of ketones is 1. The maximum atomic E-state index is 12.8. The van der Waals surface area contributed by atoms with Crippen LogP contribution in [0.3, 0.4) is 0 Å². The van der Waals surface area contributed by atoms with E-state index in [1.165, 1.54) is 0 Å². The quantitative estimate of drug-likeness (QED) is 0.406. The van der Waals surface area contributed by atoms with Crippen molar-refractivity contribution in [3.63, 3.8) is 0 Å². The van der Waals surface area contributed by atoms with Gasteiger partial charge in [-0.1, -0.05) is 35.5 Å². The SMILES string of the molecule is COC[C@@H](C)n1c(C)cc(C(=O)COC(=O)c2c(-c3ccccc3)noc2C)c1C. The highest BCUT2D eigenvalue weighted by atomic mass is 16.5. The lowest BCUT2D eigenvalue weighted by atomic mass is 10.1. The van der Waals surface area contributed by atoms with Gasteiger partial charge in [-0.2, -0.15) is 0 Å². The molecule has 158 valence electrons. The number of carbonyl (C=O) groups excluding carboxylic acids is 2. The summed E-state index contributed by atoms with van der Waals surface area (Å²) in [4.78, 5) is 25.5. The van der Waals surface area contributed by atoms with Crippen LogP contribution in [0.5, 0.6) is 0 Å². The number of rotatable bonds is 8. The van der Waals surface area contributed by atoms with Crippen molar-refractivity contribution in [3.8, 4) is 11.3 Å². The third kappa shape index (κ3) is 4.21. The summed E-state index contributed by atoms with van der Waals surface area (Å²) < 4.78 is 17.8. The largest absolute Gasteiger partial charge is 0.454 e. The molecule has 0 amide bonds. The van der Waals surface area contributed by atoms with E-state index in [1.807, 2.05) is 57.2 Å². The van der Waals surface area contributed by atoms with Crippen LogP contribution in [0, 0.1) is 20.8 Å². The molecule has 0 fully saturated rings. The Morgan fingerprint density at radius 1 is 1.17 bits per heavy atom. The minimum absolute atomic E-state index is 0.0900. The zero-order valence-corrected chi connectivity index (χ0v) is 17.9. The molecule has 7 heteroatoms. The molecule has 7 nitrogen and oxygen atoms in total. The van der Waals surface area contributed by atoms with Crippen molar-refractivity contribution in [2.45, 2.75) is 33.7 Å². The standard InChI is InChI=1S/C23H26N2O5/c1-14-11-19(16(3)25(14)15(2)12-28-5)20(26)13-29-23(27)21-17(4)30-24-22(21)18-9-7-6-8-10-18/h6-11,15H,12-13H2,1-5H3/t15-/m1/s1. The summed E-state index contributed by atoms with van der Waals surface area (Å²) in [6.07, 6.45) is 0. The van der Waals surface area contributed by atoms with Crippen LogP contribution in [0.4, 0.5) is 0 Å². The van der Waals surface area contributed by atoms with Crippen LogP contribution in [-0.2, 0) is 9.47 Å². The maximum Gasteiger partial charge on any atom is 0.344 e. The lowest BCUT2D eigenvalue weighted by Crippen LogP contribution is -2.17. The Bertz CT molecular complexity index is 1050. The molecule has 3 aromatic rings. The number of Topliss-reactive ketones (excluding diaryl/α,β-unsaturated/α-hetero) is 1. The van der Waals surface area contributed by atoms with Crippen molar-refractivity contribution in [2.75, 3.05) is 20.3 Å². The Morgan fingerprint density at radius 3 is 2.53 bits per heavy atom. The number of carbonyl (C=O) groups is 2. The number of aromatic nitrogens is 2. The van der Waals surface area contributed by atoms with Gasteiger partial charge in [0.25, 0.3) is 0 Å². The van der Waals surface area contributed by atoms with Crippen molar-refractivity contribution in [3.05, 3.63) is 64.7 Å². The molecular weight excluding hydrogens is 384 g/mol. The molecule has 0 unspecified atom stereocenters. The molecule has 0 aliphatic rings. The highest BCUT2D eigenvalue weighted by molar-refractivity contribution is 6.02. The maximum absolute atomic E-state index is 12.8. The second kappa shape index (κ2) is 9.09. The molecule has 2 heterocycles. The smallest absolute Gasteiger partial charge is 0.344 e. The second-order valence-electron chi connectivity index (χ2n) is 7.29. The Kier molecular flexibility index (Phi) is 6.52. The van der Waals surface area contributed by atoms with Crippen LogP contribution >= 0.6 is 0 Å². The normalized spacial score (nSPS) is 12.0. The van der Waals surface area contributed by atoms with Gasteiger partial charge >= 0.3 is 5.97 Å². The molecule has 1 atom stereocenters. The summed E-state index contributed by atoms with van der Waals surface area (Å²) in [6, 6.07) is 11.1. The summed E-state index contributed by atoms with van der Waals surface area (Å²) in [6.45, 7) is 7.66. The van der Waals surface area contributed by atoms with E-state index in [9.17, 15) is 9.59 Å². The Hall–Kier alpha value is -3.19. The molecule has 1 aromatic carbocycles. The highest BCUT2D eigenvalue weighted by Gasteiger charge is 2.25. The van der Waals surface area contributed by atoms with Crippen molar-refractivity contribution < 1.29 is 23.6 Å². The third-order valence-electron chi connectivity index (χ3n) is 5.08. The molecule has 0 bridgehead atoms. The van der Waals surface area contributed by atoms with Crippen LogP contribution in [-0.4, -0.2) is 41.8 Å². The lowest BCUT2D eigenvalue weighted by molar-refractivity contribution is 0.0473. The molecule has 0 spiro atoms. The van der Waals surface area contributed by atoms with Gasteiger partial charge in [0.2, 0.25) is 5.78 Å². The minimum atomic E-state index is -0.637. The van der Waals surface area contributed by atoms with Crippen molar-refractivity contribution in [1.29, 1.82) is 0 Å². The average Bonchev–Trinajstić information content (AvgIpc) is 3.26. The van der Waals surface area contributed by atoms with Gasteiger partial charge in [-0.25, -0.2) is 4.79 Å². The number of aryl methyl sites for hydroxylation is 2. The van der Waals surface area contributed by atoms with Gasteiger partial charge in [0.05, 0.1) is 12.6 Å². The molecule has 0 aliphatic heterocycles. The summed E-state index contributed by atoms with van der Waals surface area (Å²) in [5.74, 6) is -0.553. The van der Waals surface area contributed by atoms with Gasteiger partial charge in [-0.05, 0) is 33.8 Å². The first-order valence-corrected chi connectivity index (χ1v) is 9.74. The summed E-state index contributed by atoms with van der Waals surface area (Å²) in [7, 11) is 1.65. The molecule has 0 aliphatic carbocycles. The van der Waals surface area contributed by atoms with Gasteiger partial charge in [-0.15, -0.1) is 0 Å². The highest BCUT2D eigenvalue weighted by Crippen LogP contribution is 2.26. The van der Waals surface area contributed by atoms with Crippen molar-refractivity contribution in [2.24, 2.45) is 0 Å². The van der Waals surface area contributed by atoms with E-state index in [1.54, 1.807) is 14.0 Å². The fourth-order valence-corrected chi connectivity index (χ4v) is 3.74. The van der Waals surface area contributed by atoms with E-state index >= 15 is 0 Å². The first-order valence-electron chi connectivity index (χ1n) is 9.74. The number of methoxy groups -OCH3 is 1. The van der Waals surface area contributed by atoms with E-state index in [0.717, 1.165) is 17.0 Å². The summed E-state index contributed by atoms with van der Waals surface area (Å²) in [5.41, 5.74) is 3.68. The third-order valence-corrected chi connectivity index (χ3v) is 5.08. The fraction of sp³-hybridized carbons (Fsp3) is 0.348. The van der Waals surface area contributed by atoms with Gasteiger partial charge in [-0.3, -0.25) is 4.79 Å². The van der Waals surface area contributed by atoms with Gasteiger partial charge in [0.15, 0.2) is 6.61 Å².